The average Bonchev–Trinajstić information content (AvgIpc) is 2.66. The lowest BCUT2D eigenvalue weighted by Gasteiger charge is -2.42. The summed E-state index contributed by atoms with van der Waals surface area (Å²) < 4.78 is 45.6. The fraction of sp³-hybridized carbons (Fsp3) is 0.273. The highest BCUT2D eigenvalue weighted by molar-refractivity contribution is 6.03. The van der Waals surface area contributed by atoms with E-state index in [1.165, 1.54) is 11.0 Å². The van der Waals surface area contributed by atoms with Crippen LogP contribution in [0.5, 0.6) is 5.75 Å². The Morgan fingerprint density at radius 3 is 2.65 bits per heavy atom. The van der Waals surface area contributed by atoms with Crippen molar-refractivity contribution in [3.8, 4) is 5.75 Å². The van der Waals surface area contributed by atoms with Gasteiger partial charge in [0.25, 0.3) is 0 Å². The molecule has 0 bridgehead atoms. The van der Waals surface area contributed by atoms with E-state index in [2.05, 4.69) is 4.98 Å². The molecule has 1 aliphatic heterocycles. The number of nitrogens with two attached hydrogens (primary N) is 2. The highest BCUT2D eigenvalue weighted by atomic mass is 19.4. The Bertz CT molecular complexity index is 1180. The van der Waals surface area contributed by atoms with Gasteiger partial charge in [-0.1, -0.05) is 18.2 Å². The predicted molar refractivity (Wildman–Crippen MR) is 112 cm³/mol. The molecule has 0 saturated heterocycles. The topological polar surface area (TPSA) is 94.5 Å². The number of ether oxygens (including phenoxy) is 1. The van der Waals surface area contributed by atoms with Crippen molar-refractivity contribution >= 4 is 28.3 Å². The number of carbonyl (C=O) groups is 1. The first-order chi connectivity index (χ1) is 14.5. The summed E-state index contributed by atoms with van der Waals surface area (Å²) >= 11 is 0. The zero-order valence-corrected chi connectivity index (χ0v) is 16.9. The van der Waals surface area contributed by atoms with Gasteiger partial charge in [-0.15, -0.1) is 0 Å². The van der Waals surface area contributed by atoms with Gasteiger partial charge in [-0.2, -0.15) is 13.2 Å². The molecule has 1 aromatic heterocycles. The number of aromatic nitrogens is 1. The van der Waals surface area contributed by atoms with Crippen molar-refractivity contribution < 1.29 is 22.7 Å². The van der Waals surface area contributed by atoms with Crippen molar-refractivity contribution in [3.63, 3.8) is 0 Å². The van der Waals surface area contributed by atoms with Crippen molar-refractivity contribution in [1.29, 1.82) is 0 Å². The van der Waals surface area contributed by atoms with Crippen LogP contribution in [-0.2, 0) is 6.18 Å². The Morgan fingerprint density at radius 1 is 1.23 bits per heavy atom. The summed E-state index contributed by atoms with van der Waals surface area (Å²) in [5, 5.41) is 1.41. The van der Waals surface area contributed by atoms with E-state index in [4.69, 9.17) is 16.2 Å². The van der Waals surface area contributed by atoms with E-state index in [9.17, 15) is 18.0 Å². The number of alkyl halides is 3. The largest absolute Gasteiger partial charge is 0.487 e. The van der Waals surface area contributed by atoms with E-state index in [-0.39, 0.29) is 11.6 Å². The zero-order valence-electron chi connectivity index (χ0n) is 16.9. The number of hydrogen-bond donors (Lipinski definition) is 2. The molecule has 2 amide bonds. The van der Waals surface area contributed by atoms with Gasteiger partial charge >= 0.3 is 12.2 Å². The first-order valence-corrected chi connectivity index (χ1v) is 9.59. The molecule has 31 heavy (non-hydrogen) atoms. The number of carbonyl (C=O) groups excluding carboxylic acids is 1. The molecule has 4 rings (SSSR count). The lowest BCUT2D eigenvalue weighted by atomic mass is 9.87. The van der Waals surface area contributed by atoms with Gasteiger partial charge in [0.1, 0.15) is 17.2 Å². The number of pyridine rings is 1. The standard InChI is InChI=1S/C22H21F3N4O2/c1-21(2)10-17(14-7-6-13(22(23,24)25)8-18(14)31-21)29(20(27)30)16-5-3-4-12-11-28-19(26)9-15(12)16/h3-9,11,17H,10H2,1-2H3,(H2,26,28)(H2,27,30)/t17-/m1/s1. The number of primary amides is 1. The number of fused-ring (bicyclic) bond motifs is 2. The monoisotopic (exact) mass is 430 g/mol. The van der Waals surface area contributed by atoms with Crippen LogP contribution in [-0.4, -0.2) is 16.6 Å². The molecular formula is C22H21F3N4O2. The third kappa shape index (κ3) is 3.83. The van der Waals surface area contributed by atoms with Crippen LogP contribution in [0.3, 0.4) is 0 Å². The molecule has 0 unspecified atom stereocenters. The molecule has 162 valence electrons. The number of nitrogen functional groups attached to an aromatic ring is 1. The molecule has 0 radical (unpaired) electrons. The molecule has 0 aliphatic carbocycles. The second-order valence-corrected chi connectivity index (χ2v) is 8.15. The minimum absolute atomic E-state index is 0.0729. The number of amides is 2. The maximum Gasteiger partial charge on any atom is 0.416 e. The normalized spacial score (nSPS) is 17.6. The van der Waals surface area contributed by atoms with Gasteiger partial charge in [0.2, 0.25) is 0 Å². The predicted octanol–water partition coefficient (Wildman–Crippen LogP) is 5.02. The van der Waals surface area contributed by atoms with E-state index >= 15 is 0 Å². The third-order valence-electron chi connectivity index (χ3n) is 5.34. The fourth-order valence-electron chi connectivity index (χ4n) is 4.04. The molecule has 9 heteroatoms. The highest BCUT2D eigenvalue weighted by Crippen LogP contribution is 2.47. The SMILES string of the molecule is CC1(C)C[C@@H](N(C(N)=O)c2cccc3cnc(N)cc23)c2ccc(C(F)(F)F)cc2O1. The molecule has 0 saturated carbocycles. The molecule has 4 N–H and O–H groups in total. The number of nitrogens with zero attached hydrogens (tertiary/aromatic N) is 2. The number of benzene rings is 2. The van der Waals surface area contributed by atoms with Crippen LogP contribution in [0.25, 0.3) is 10.8 Å². The second-order valence-electron chi connectivity index (χ2n) is 8.15. The summed E-state index contributed by atoms with van der Waals surface area (Å²) in [5.41, 5.74) is 10.9. The van der Waals surface area contributed by atoms with Crippen LogP contribution in [0.2, 0.25) is 0 Å². The summed E-state index contributed by atoms with van der Waals surface area (Å²) in [6, 6.07) is 8.85. The lowest BCUT2D eigenvalue weighted by Crippen LogP contribution is -2.46. The maximum atomic E-state index is 13.3. The molecule has 0 fully saturated rings. The molecule has 3 aromatic rings. The number of urea groups is 1. The Morgan fingerprint density at radius 2 is 1.97 bits per heavy atom. The zero-order chi connectivity index (χ0) is 22.6. The van der Waals surface area contributed by atoms with Crippen molar-refractivity contribution in [2.24, 2.45) is 5.73 Å². The van der Waals surface area contributed by atoms with E-state index in [0.29, 0.717) is 23.1 Å². The molecular weight excluding hydrogens is 409 g/mol. The van der Waals surface area contributed by atoms with Gasteiger partial charge in [-0.05, 0) is 38.1 Å². The van der Waals surface area contributed by atoms with E-state index < -0.39 is 29.4 Å². The van der Waals surface area contributed by atoms with Crippen LogP contribution in [0.4, 0.5) is 29.5 Å². The van der Waals surface area contributed by atoms with Gasteiger partial charge in [-0.3, -0.25) is 4.90 Å². The van der Waals surface area contributed by atoms with Crippen LogP contribution >= 0.6 is 0 Å². The maximum absolute atomic E-state index is 13.3. The molecule has 2 heterocycles. The molecule has 1 aliphatic rings. The second kappa shape index (κ2) is 7.04. The molecule has 2 aromatic carbocycles. The highest BCUT2D eigenvalue weighted by Gasteiger charge is 2.41. The Hall–Kier alpha value is -3.49. The third-order valence-corrected chi connectivity index (χ3v) is 5.34. The van der Waals surface area contributed by atoms with Crippen LogP contribution < -0.4 is 21.1 Å². The van der Waals surface area contributed by atoms with Crippen LogP contribution in [0.1, 0.15) is 37.4 Å². The summed E-state index contributed by atoms with van der Waals surface area (Å²) in [7, 11) is 0. The Kier molecular flexibility index (Phi) is 4.72. The van der Waals surface area contributed by atoms with Gasteiger partial charge in [-0.25, -0.2) is 9.78 Å². The Labute approximate surface area is 176 Å². The Balaban J connectivity index is 1.91. The van der Waals surface area contributed by atoms with Gasteiger partial charge in [0, 0.05) is 29.0 Å². The van der Waals surface area contributed by atoms with Gasteiger partial charge in [0.05, 0.1) is 17.3 Å². The van der Waals surface area contributed by atoms with Gasteiger partial charge < -0.3 is 16.2 Å². The van der Waals surface area contributed by atoms with Crippen molar-refractivity contribution in [1.82, 2.24) is 4.98 Å². The quantitative estimate of drug-likeness (QED) is 0.597. The number of rotatable bonds is 2. The fourth-order valence-corrected chi connectivity index (χ4v) is 4.04. The van der Waals surface area contributed by atoms with Crippen LogP contribution in [0.15, 0.2) is 48.7 Å². The molecule has 1 atom stereocenters. The van der Waals surface area contributed by atoms with Crippen molar-refractivity contribution in [2.45, 2.75) is 38.1 Å². The van der Waals surface area contributed by atoms with Crippen LogP contribution in [0, 0.1) is 0 Å². The molecule has 6 nitrogen and oxygen atoms in total. The summed E-state index contributed by atoms with van der Waals surface area (Å²) in [4.78, 5) is 18.1. The van der Waals surface area contributed by atoms with Crippen molar-refractivity contribution in [2.75, 3.05) is 10.6 Å². The number of hydrogen-bond acceptors (Lipinski definition) is 4. The first-order valence-electron chi connectivity index (χ1n) is 9.59. The average molecular weight is 430 g/mol. The van der Waals surface area contributed by atoms with Crippen molar-refractivity contribution in [3.05, 3.63) is 59.8 Å². The van der Waals surface area contributed by atoms with E-state index in [1.54, 1.807) is 38.2 Å². The summed E-state index contributed by atoms with van der Waals surface area (Å²) in [5.74, 6) is 0.343. The first kappa shape index (κ1) is 20.8. The van der Waals surface area contributed by atoms with E-state index in [0.717, 1.165) is 17.5 Å². The summed E-state index contributed by atoms with van der Waals surface area (Å²) in [6.45, 7) is 3.51. The van der Waals surface area contributed by atoms with E-state index in [1.807, 2.05) is 6.07 Å². The van der Waals surface area contributed by atoms with Gasteiger partial charge in [0.15, 0.2) is 0 Å². The number of halogens is 3. The molecule has 0 spiro atoms. The minimum Gasteiger partial charge on any atom is -0.487 e. The smallest absolute Gasteiger partial charge is 0.416 e. The lowest BCUT2D eigenvalue weighted by molar-refractivity contribution is -0.137. The minimum atomic E-state index is -4.51. The number of anilines is 2. The summed E-state index contributed by atoms with van der Waals surface area (Å²) in [6.07, 6.45) is -2.60.